The Morgan fingerprint density at radius 1 is 1.44 bits per heavy atom. The first-order chi connectivity index (χ1) is 8.28. The van der Waals surface area contributed by atoms with E-state index < -0.39 is 5.97 Å². The van der Waals surface area contributed by atoms with Gasteiger partial charge in [0.15, 0.2) is 0 Å². The third-order valence-corrected chi connectivity index (χ3v) is 2.43. The number of hydrogen-bond acceptors (Lipinski definition) is 4. The fraction of sp³-hybridized carbons (Fsp3) is 0.538. The lowest BCUT2D eigenvalue weighted by Gasteiger charge is -2.23. The zero-order valence-electron chi connectivity index (χ0n) is 11.5. The Kier molecular flexibility index (Phi) is 4.16. The predicted molar refractivity (Wildman–Crippen MR) is 68.4 cm³/mol. The van der Waals surface area contributed by atoms with Gasteiger partial charge in [-0.15, -0.1) is 0 Å². The Labute approximate surface area is 107 Å². The molecule has 2 N–H and O–H groups in total. The van der Waals surface area contributed by atoms with Gasteiger partial charge in [-0.3, -0.25) is 4.79 Å². The molecule has 1 rings (SSSR count). The van der Waals surface area contributed by atoms with Gasteiger partial charge in [0.05, 0.1) is 12.7 Å². The van der Waals surface area contributed by atoms with Gasteiger partial charge < -0.3 is 15.4 Å². The summed E-state index contributed by atoms with van der Waals surface area (Å²) in [6, 6.07) is 0. The number of carbonyl (C=O) groups excluding carboxylic acids is 2. The highest BCUT2D eigenvalue weighted by molar-refractivity contribution is 6.06. The van der Waals surface area contributed by atoms with Crippen LogP contribution in [-0.4, -0.2) is 24.5 Å². The number of amides is 1. The van der Waals surface area contributed by atoms with E-state index in [4.69, 9.17) is 0 Å². The number of hydrogen-bond donors (Lipinski definition) is 2. The quantitative estimate of drug-likeness (QED) is 0.585. The number of carbonyl (C=O) groups is 2. The number of ether oxygens (including phenoxy) is 1. The average Bonchev–Trinajstić information content (AvgIpc) is 2.52. The van der Waals surface area contributed by atoms with E-state index in [0.29, 0.717) is 17.8 Å². The van der Waals surface area contributed by atoms with Crippen LogP contribution in [0.3, 0.4) is 0 Å². The van der Waals surface area contributed by atoms with Crippen LogP contribution in [0.2, 0.25) is 0 Å². The molecular formula is C13H20N2O3. The summed E-state index contributed by atoms with van der Waals surface area (Å²) in [5.74, 6) is -0.128. The van der Waals surface area contributed by atoms with E-state index in [1.54, 1.807) is 0 Å². The van der Waals surface area contributed by atoms with Gasteiger partial charge in [-0.05, 0) is 27.2 Å². The summed E-state index contributed by atoms with van der Waals surface area (Å²) >= 11 is 0. The minimum absolute atomic E-state index is 0.163. The molecule has 1 aliphatic rings. The minimum Gasteiger partial charge on any atom is -0.466 e. The zero-order chi connectivity index (χ0) is 13.9. The summed E-state index contributed by atoms with van der Waals surface area (Å²) in [6.07, 6.45) is 1.88. The molecule has 100 valence electrons. The molecular weight excluding hydrogens is 232 g/mol. The molecule has 0 atom stereocenters. The van der Waals surface area contributed by atoms with Gasteiger partial charge in [-0.1, -0.05) is 6.92 Å². The lowest BCUT2D eigenvalue weighted by atomic mass is 10.0. The average molecular weight is 252 g/mol. The van der Waals surface area contributed by atoms with Crippen molar-refractivity contribution in [3.63, 3.8) is 0 Å². The molecule has 0 fully saturated rings. The Balaban J connectivity index is 3.10. The van der Waals surface area contributed by atoms with Crippen molar-refractivity contribution in [2.75, 3.05) is 7.11 Å². The standard InChI is InChI=1S/C13H20N2O3/c1-6-8-9(7-10(16)18-5)12(17)14-11(8)15-13(2,3)4/h7,15H,6H2,1-5H3,(H,14,17)/b9-7-. The van der Waals surface area contributed by atoms with Crippen molar-refractivity contribution in [2.45, 2.75) is 39.7 Å². The van der Waals surface area contributed by atoms with Crippen LogP contribution in [0, 0.1) is 0 Å². The molecule has 0 aromatic carbocycles. The molecule has 0 saturated heterocycles. The minimum atomic E-state index is -0.525. The van der Waals surface area contributed by atoms with Crippen LogP contribution in [-0.2, 0) is 14.3 Å². The van der Waals surface area contributed by atoms with Gasteiger partial charge >= 0.3 is 5.97 Å². The van der Waals surface area contributed by atoms with Crippen molar-refractivity contribution in [1.82, 2.24) is 10.6 Å². The zero-order valence-corrected chi connectivity index (χ0v) is 11.5. The number of nitrogens with one attached hydrogen (secondary N) is 2. The van der Waals surface area contributed by atoms with Crippen molar-refractivity contribution in [1.29, 1.82) is 0 Å². The molecule has 1 amide bonds. The normalized spacial score (nSPS) is 18.1. The summed E-state index contributed by atoms with van der Waals surface area (Å²) in [4.78, 5) is 23.1. The molecule has 0 unspecified atom stereocenters. The van der Waals surface area contributed by atoms with E-state index in [9.17, 15) is 9.59 Å². The van der Waals surface area contributed by atoms with Crippen LogP contribution in [0.1, 0.15) is 34.1 Å². The number of methoxy groups -OCH3 is 1. The third kappa shape index (κ3) is 3.35. The van der Waals surface area contributed by atoms with Crippen molar-refractivity contribution in [3.05, 3.63) is 23.0 Å². The Morgan fingerprint density at radius 3 is 2.50 bits per heavy atom. The van der Waals surface area contributed by atoms with Crippen LogP contribution < -0.4 is 10.6 Å². The maximum Gasteiger partial charge on any atom is 0.331 e. The van der Waals surface area contributed by atoms with Crippen molar-refractivity contribution >= 4 is 11.9 Å². The van der Waals surface area contributed by atoms with E-state index in [0.717, 1.165) is 5.57 Å². The molecule has 1 aliphatic heterocycles. The summed E-state index contributed by atoms with van der Waals surface area (Å²) in [5.41, 5.74) is 1.01. The fourth-order valence-corrected chi connectivity index (χ4v) is 1.71. The van der Waals surface area contributed by atoms with Crippen molar-refractivity contribution in [3.8, 4) is 0 Å². The molecule has 0 radical (unpaired) electrons. The topological polar surface area (TPSA) is 67.4 Å². The largest absolute Gasteiger partial charge is 0.466 e. The first-order valence-electron chi connectivity index (χ1n) is 5.91. The first kappa shape index (κ1) is 14.3. The van der Waals surface area contributed by atoms with Gasteiger partial charge in [0, 0.05) is 17.2 Å². The van der Waals surface area contributed by atoms with Gasteiger partial charge in [0.25, 0.3) is 5.91 Å². The van der Waals surface area contributed by atoms with E-state index >= 15 is 0 Å². The Morgan fingerprint density at radius 2 is 2.06 bits per heavy atom. The summed E-state index contributed by atoms with van der Waals surface area (Å²) in [6.45, 7) is 7.94. The summed E-state index contributed by atoms with van der Waals surface area (Å²) in [5, 5.41) is 5.97. The fourth-order valence-electron chi connectivity index (χ4n) is 1.71. The van der Waals surface area contributed by atoms with E-state index in [1.165, 1.54) is 13.2 Å². The molecule has 1 heterocycles. The Hall–Kier alpha value is -1.78. The van der Waals surface area contributed by atoms with Crippen LogP contribution in [0.5, 0.6) is 0 Å². The molecule has 5 nitrogen and oxygen atoms in total. The molecule has 18 heavy (non-hydrogen) atoms. The molecule has 0 aromatic heterocycles. The van der Waals surface area contributed by atoms with Crippen LogP contribution in [0.25, 0.3) is 0 Å². The van der Waals surface area contributed by atoms with Crippen LogP contribution >= 0.6 is 0 Å². The molecule has 0 bridgehead atoms. The number of esters is 1. The highest BCUT2D eigenvalue weighted by Gasteiger charge is 2.28. The summed E-state index contributed by atoms with van der Waals surface area (Å²) in [7, 11) is 1.29. The van der Waals surface area contributed by atoms with Crippen molar-refractivity contribution in [2.24, 2.45) is 0 Å². The smallest absolute Gasteiger partial charge is 0.331 e. The maximum absolute atomic E-state index is 11.8. The second kappa shape index (κ2) is 5.25. The van der Waals surface area contributed by atoms with E-state index in [-0.39, 0.29) is 11.4 Å². The van der Waals surface area contributed by atoms with Gasteiger partial charge in [0.1, 0.15) is 5.82 Å². The third-order valence-electron chi connectivity index (χ3n) is 2.43. The molecule has 0 saturated carbocycles. The monoisotopic (exact) mass is 252 g/mol. The molecule has 0 spiro atoms. The maximum atomic E-state index is 11.8. The van der Waals surface area contributed by atoms with E-state index in [2.05, 4.69) is 15.4 Å². The van der Waals surface area contributed by atoms with Crippen LogP contribution in [0.4, 0.5) is 0 Å². The highest BCUT2D eigenvalue weighted by atomic mass is 16.5. The predicted octanol–water partition coefficient (Wildman–Crippen LogP) is 1.23. The lowest BCUT2D eigenvalue weighted by Crippen LogP contribution is -2.39. The summed E-state index contributed by atoms with van der Waals surface area (Å²) < 4.78 is 4.55. The van der Waals surface area contributed by atoms with E-state index in [1.807, 2.05) is 27.7 Å². The second-order valence-corrected chi connectivity index (χ2v) is 5.12. The second-order valence-electron chi connectivity index (χ2n) is 5.12. The highest BCUT2D eigenvalue weighted by Crippen LogP contribution is 2.24. The molecule has 0 aromatic rings. The van der Waals surface area contributed by atoms with Gasteiger partial charge in [0.2, 0.25) is 0 Å². The van der Waals surface area contributed by atoms with Crippen molar-refractivity contribution < 1.29 is 14.3 Å². The van der Waals surface area contributed by atoms with Gasteiger partial charge in [-0.25, -0.2) is 4.79 Å². The first-order valence-corrected chi connectivity index (χ1v) is 5.91. The van der Waals surface area contributed by atoms with Crippen LogP contribution in [0.15, 0.2) is 23.0 Å². The van der Waals surface area contributed by atoms with Gasteiger partial charge in [-0.2, -0.15) is 0 Å². The molecule has 5 heteroatoms. The number of rotatable bonds is 3. The lowest BCUT2D eigenvalue weighted by molar-refractivity contribution is -0.135. The molecule has 0 aliphatic carbocycles. The Bertz CT molecular complexity index is 428. The SMILES string of the molecule is CCC1=C(NC(C)(C)C)NC(=O)/C1=C\C(=O)OC.